The van der Waals surface area contributed by atoms with Crippen LogP contribution in [0.4, 0.5) is 5.69 Å². The Morgan fingerprint density at radius 2 is 2.14 bits per heavy atom. The highest BCUT2D eigenvalue weighted by Crippen LogP contribution is 2.27. The van der Waals surface area contributed by atoms with Crippen molar-refractivity contribution in [3.63, 3.8) is 0 Å². The van der Waals surface area contributed by atoms with Gasteiger partial charge in [-0.3, -0.25) is 9.59 Å². The van der Waals surface area contributed by atoms with Crippen molar-refractivity contribution < 1.29 is 4.79 Å². The third kappa shape index (κ3) is 4.49. The summed E-state index contributed by atoms with van der Waals surface area (Å²) in [6.45, 7) is 1.70. The van der Waals surface area contributed by atoms with E-state index in [1.165, 1.54) is 12.3 Å². The molecule has 1 amide bonds. The molecule has 0 saturated heterocycles. The topological polar surface area (TPSA) is 74.8 Å². The third-order valence-corrected chi connectivity index (χ3v) is 4.05. The number of hydrogen-bond acceptors (Lipinski definition) is 4. The Morgan fingerprint density at radius 3 is 2.86 bits per heavy atom. The van der Waals surface area contributed by atoms with Crippen molar-refractivity contribution >= 4 is 46.6 Å². The lowest BCUT2D eigenvalue weighted by atomic mass is 10.3. The molecule has 1 heterocycles. The van der Waals surface area contributed by atoms with Crippen LogP contribution in [0.1, 0.15) is 6.92 Å². The first-order valence-electron chi connectivity index (χ1n) is 5.93. The lowest BCUT2D eigenvalue weighted by Crippen LogP contribution is -2.23. The van der Waals surface area contributed by atoms with Crippen molar-refractivity contribution in [2.45, 2.75) is 17.3 Å². The second-order valence-electron chi connectivity index (χ2n) is 4.11. The lowest BCUT2D eigenvalue weighted by Gasteiger charge is -2.12. The number of carbonyl (C=O) groups excluding carboxylic acids is 1. The maximum absolute atomic E-state index is 12.1. The molecule has 1 aromatic heterocycles. The molecule has 110 valence electrons. The lowest BCUT2D eigenvalue weighted by molar-refractivity contribution is -0.115. The summed E-state index contributed by atoms with van der Waals surface area (Å²) in [6, 6.07) is 6.12. The van der Waals surface area contributed by atoms with E-state index in [0.29, 0.717) is 20.9 Å². The second kappa shape index (κ2) is 6.98. The van der Waals surface area contributed by atoms with Gasteiger partial charge in [0, 0.05) is 17.3 Å². The van der Waals surface area contributed by atoms with E-state index in [2.05, 4.69) is 15.3 Å². The zero-order valence-corrected chi connectivity index (χ0v) is 13.2. The molecule has 1 atom stereocenters. The predicted molar refractivity (Wildman–Crippen MR) is 85.3 cm³/mol. The van der Waals surface area contributed by atoms with Gasteiger partial charge in [-0.15, -0.1) is 0 Å². The van der Waals surface area contributed by atoms with E-state index in [1.54, 1.807) is 25.1 Å². The summed E-state index contributed by atoms with van der Waals surface area (Å²) in [5, 5.41) is 3.48. The Bertz CT molecular complexity index is 721. The molecule has 0 unspecified atom stereocenters. The van der Waals surface area contributed by atoms with Crippen molar-refractivity contribution in [1.29, 1.82) is 0 Å². The van der Waals surface area contributed by atoms with Gasteiger partial charge in [0.2, 0.25) is 5.91 Å². The summed E-state index contributed by atoms with van der Waals surface area (Å²) in [4.78, 5) is 29.8. The first-order chi connectivity index (χ1) is 9.95. The number of rotatable bonds is 4. The van der Waals surface area contributed by atoms with Gasteiger partial charge in [0.15, 0.2) is 5.16 Å². The third-order valence-electron chi connectivity index (χ3n) is 2.49. The van der Waals surface area contributed by atoms with Crippen molar-refractivity contribution in [1.82, 2.24) is 9.97 Å². The fraction of sp³-hybridized carbons (Fsp3) is 0.154. The quantitative estimate of drug-likeness (QED) is 0.660. The minimum atomic E-state index is -0.467. The molecule has 0 aliphatic rings. The Morgan fingerprint density at radius 1 is 1.38 bits per heavy atom. The number of halogens is 2. The SMILES string of the molecule is C[C@H](Sc1nccc(=O)[nH]1)C(=O)Nc1cc(Cl)ccc1Cl. The summed E-state index contributed by atoms with van der Waals surface area (Å²) >= 11 is 13.0. The Labute approximate surface area is 135 Å². The molecule has 8 heteroatoms. The smallest absolute Gasteiger partial charge is 0.251 e. The van der Waals surface area contributed by atoms with Gasteiger partial charge in [-0.2, -0.15) is 0 Å². The molecule has 0 aliphatic heterocycles. The maximum atomic E-state index is 12.1. The average molecular weight is 344 g/mol. The fourth-order valence-corrected chi connectivity index (χ4v) is 2.58. The molecule has 0 saturated carbocycles. The van der Waals surface area contributed by atoms with Crippen LogP contribution in [0.15, 0.2) is 40.4 Å². The number of thioether (sulfide) groups is 1. The number of hydrogen-bond donors (Lipinski definition) is 2. The van der Waals surface area contributed by atoms with Gasteiger partial charge in [0.25, 0.3) is 5.56 Å². The van der Waals surface area contributed by atoms with E-state index >= 15 is 0 Å². The minimum Gasteiger partial charge on any atom is -0.324 e. The number of amides is 1. The number of nitrogens with zero attached hydrogens (tertiary/aromatic N) is 1. The number of benzene rings is 1. The standard InChI is InChI=1S/C13H11Cl2N3O2S/c1-7(21-13-16-5-4-11(19)18-13)12(20)17-10-6-8(14)2-3-9(10)15/h2-7H,1H3,(H,17,20)(H,16,18,19)/t7-/m0/s1. The van der Waals surface area contributed by atoms with Crippen LogP contribution in [-0.4, -0.2) is 21.1 Å². The van der Waals surface area contributed by atoms with Gasteiger partial charge in [0.1, 0.15) is 0 Å². The van der Waals surface area contributed by atoms with Crippen LogP contribution in [0.3, 0.4) is 0 Å². The summed E-state index contributed by atoms with van der Waals surface area (Å²) < 4.78 is 0. The molecule has 0 aliphatic carbocycles. The summed E-state index contributed by atoms with van der Waals surface area (Å²) in [5.74, 6) is -0.268. The zero-order valence-electron chi connectivity index (χ0n) is 10.9. The molecule has 0 radical (unpaired) electrons. The highest BCUT2D eigenvalue weighted by molar-refractivity contribution is 8.00. The zero-order chi connectivity index (χ0) is 15.4. The molecule has 2 N–H and O–H groups in total. The predicted octanol–water partition coefficient (Wildman–Crippen LogP) is 3.20. The average Bonchev–Trinajstić information content (AvgIpc) is 2.43. The molecule has 1 aromatic carbocycles. The van der Waals surface area contributed by atoms with Gasteiger partial charge in [-0.05, 0) is 25.1 Å². The fourth-order valence-electron chi connectivity index (χ4n) is 1.46. The molecule has 0 fully saturated rings. The largest absolute Gasteiger partial charge is 0.324 e. The first-order valence-corrected chi connectivity index (χ1v) is 7.57. The van der Waals surface area contributed by atoms with E-state index in [0.717, 1.165) is 11.8 Å². The summed E-state index contributed by atoms with van der Waals surface area (Å²) in [7, 11) is 0. The van der Waals surface area contributed by atoms with Crippen LogP contribution in [0.5, 0.6) is 0 Å². The summed E-state index contributed by atoms with van der Waals surface area (Å²) in [6.07, 6.45) is 1.39. The number of H-pyrrole nitrogens is 1. The van der Waals surface area contributed by atoms with Crippen LogP contribution in [-0.2, 0) is 4.79 Å². The molecule has 21 heavy (non-hydrogen) atoms. The van der Waals surface area contributed by atoms with Crippen LogP contribution >= 0.6 is 35.0 Å². The number of aromatic amines is 1. The monoisotopic (exact) mass is 343 g/mol. The van der Waals surface area contributed by atoms with Gasteiger partial charge in [-0.25, -0.2) is 4.98 Å². The maximum Gasteiger partial charge on any atom is 0.251 e. The number of nitrogens with one attached hydrogen (secondary N) is 2. The van der Waals surface area contributed by atoms with Gasteiger partial charge >= 0.3 is 0 Å². The van der Waals surface area contributed by atoms with Crippen LogP contribution < -0.4 is 10.9 Å². The number of carbonyl (C=O) groups is 1. The molecule has 2 aromatic rings. The van der Waals surface area contributed by atoms with Gasteiger partial charge in [-0.1, -0.05) is 35.0 Å². The molecule has 5 nitrogen and oxygen atoms in total. The van der Waals surface area contributed by atoms with Gasteiger partial charge < -0.3 is 10.3 Å². The summed E-state index contributed by atoms with van der Waals surface area (Å²) in [5.41, 5.74) is 0.175. The molecule has 0 spiro atoms. The van der Waals surface area contributed by atoms with E-state index in [-0.39, 0.29) is 11.5 Å². The van der Waals surface area contributed by atoms with Crippen molar-refractivity contribution in [2.24, 2.45) is 0 Å². The van der Waals surface area contributed by atoms with Crippen molar-refractivity contribution in [3.05, 3.63) is 50.9 Å². The Balaban J connectivity index is 2.06. The van der Waals surface area contributed by atoms with Crippen LogP contribution in [0.2, 0.25) is 10.0 Å². The Hall–Kier alpha value is -1.50. The first kappa shape index (κ1) is 15.9. The normalized spacial score (nSPS) is 12.0. The van der Waals surface area contributed by atoms with E-state index in [1.807, 2.05) is 0 Å². The molecule has 2 rings (SSSR count). The van der Waals surface area contributed by atoms with Crippen LogP contribution in [0, 0.1) is 0 Å². The van der Waals surface area contributed by atoms with E-state index in [4.69, 9.17) is 23.2 Å². The second-order valence-corrected chi connectivity index (χ2v) is 6.29. The Kier molecular flexibility index (Phi) is 5.27. The molecular weight excluding hydrogens is 333 g/mol. The molecular formula is C13H11Cl2N3O2S. The van der Waals surface area contributed by atoms with Crippen LogP contribution in [0.25, 0.3) is 0 Å². The van der Waals surface area contributed by atoms with Gasteiger partial charge in [0.05, 0.1) is 16.0 Å². The number of aromatic nitrogens is 2. The van der Waals surface area contributed by atoms with Crippen molar-refractivity contribution in [3.8, 4) is 0 Å². The molecule has 0 bridgehead atoms. The highest BCUT2D eigenvalue weighted by Gasteiger charge is 2.17. The highest BCUT2D eigenvalue weighted by atomic mass is 35.5. The minimum absolute atomic E-state index is 0.266. The number of anilines is 1. The van der Waals surface area contributed by atoms with Crippen molar-refractivity contribution in [2.75, 3.05) is 5.32 Å². The van der Waals surface area contributed by atoms with E-state index < -0.39 is 5.25 Å². The van der Waals surface area contributed by atoms with E-state index in [9.17, 15) is 9.59 Å².